The van der Waals surface area contributed by atoms with Crippen LogP contribution in [0.1, 0.15) is 27.7 Å². The molecule has 0 spiro atoms. The Morgan fingerprint density at radius 1 is 1.15 bits per heavy atom. The van der Waals surface area contributed by atoms with Gasteiger partial charge < -0.3 is 10.5 Å². The van der Waals surface area contributed by atoms with Gasteiger partial charge in [-0.2, -0.15) is 0 Å². The molecular weight excluding hydrogens is 344 g/mol. The van der Waals surface area contributed by atoms with Crippen LogP contribution in [0.15, 0.2) is 48.5 Å². The van der Waals surface area contributed by atoms with E-state index in [1.165, 1.54) is 11.3 Å². The second kappa shape index (κ2) is 6.42. The molecule has 0 amide bonds. The zero-order chi connectivity index (χ0) is 18.3. The van der Waals surface area contributed by atoms with Crippen molar-refractivity contribution in [3.63, 3.8) is 0 Å². The van der Waals surface area contributed by atoms with Crippen molar-refractivity contribution in [2.24, 2.45) is 0 Å². The summed E-state index contributed by atoms with van der Waals surface area (Å²) in [5.74, 6) is 0.719. The minimum Gasteiger partial charge on any atom is -0.494 e. The maximum absolute atomic E-state index is 12.9. The predicted molar refractivity (Wildman–Crippen MR) is 107 cm³/mol. The monoisotopic (exact) mass is 362 g/mol. The van der Waals surface area contributed by atoms with Crippen molar-refractivity contribution in [1.29, 1.82) is 0 Å². The lowest BCUT2D eigenvalue weighted by atomic mass is 10.1. The number of rotatable bonds is 4. The number of benzene rings is 2. The van der Waals surface area contributed by atoms with E-state index in [0.29, 0.717) is 22.7 Å². The number of nitrogens with two attached hydrogens (primary N) is 1. The number of fused-ring (bicyclic) bond motifs is 2. The number of nitrogens with zero attached hydrogens (tertiary/aromatic N) is 1. The van der Waals surface area contributed by atoms with Crippen LogP contribution in [-0.4, -0.2) is 17.4 Å². The number of nitrogen functional groups attached to an aromatic ring is 1. The molecule has 4 rings (SSSR count). The van der Waals surface area contributed by atoms with Crippen molar-refractivity contribution in [3.05, 3.63) is 64.5 Å². The summed E-state index contributed by atoms with van der Waals surface area (Å²) in [7, 11) is 0. The first-order chi connectivity index (χ1) is 12.6. The van der Waals surface area contributed by atoms with Crippen molar-refractivity contribution >= 4 is 43.9 Å². The molecule has 2 N–H and O–H groups in total. The summed E-state index contributed by atoms with van der Waals surface area (Å²) in [4.78, 5) is 18.9. The molecule has 26 heavy (non-hydrogen) atoms. The van der Waals surface area contributed by atoms with Gasteiger partial charge in [0.15, 0.2) is 0 Å². The first-order valence-electron chi connectivity index (χ1n) is 8.43. The lowest BCUT2D eigenvalue weighted by Crippen LogP contribution is -2.01. The van der Waals surface area contributed by atoms with Crippen molar-refractivity contribution in [1.82, 2.24) is 4.98 Å². The molecule has 0 aliphatic rings. The van der Waals surface area contributed by atoms with Gasteiger partial charge in [-0.25, -0.2) is 4.98 Å². The van der Waals surface area contributed by atoms with E-state index < -0.39 is 0 Å². The molecule has 2 heterocycles. The fourth-order valence-electron chi connectivity index (χ4n) is 2.94. The number of pyridine rings is 1. The van der Waals surface area contributed by atoms with Gasteiger partial charge >= 0.3 is 0 Å². The average Bonchev–Trinajstić information content (AvgIpc) is 2.96. The SMILES string of the molecule is CCOc1ccc2cc3c(N)c(C(=O)c4ccc(C)cc4)sc3nc2c1. The lowest BCUT2D eigenvalue weighted by molar-refractivity contribution is 0.104. The number of carbonyl (C=O) groups excluding carboxylic acids is 1. The van der Waals surface area contributed by atoms with Gasteiger partial charge in [0.2, 0.25) is 5.78 Å². The minimum atomic E-state index is -0.0652. The average molecular weight is 362 g/mol. The second-order valence-electron chi connectivity index (χ2n) is 6.17. The quantitative estimate of drug-likeness (QED) is 0.521. The molecular formula is C21H18N2O2S. The molecule has 2 aromatic carbocycles. The maximum Gasteiger partial charge on any atom is 0.205 e. The number of thiophene rings is 1. The van der Waals surface area contributed by atoms with E-state index >= 15 is 0 Å². The maximum atomic E-state index is 12.9. The third-order valence-corrected chi connectivity index (χ3v) is 5.43. The Kier molecular flexibility index (Phi) is 4.09. The van der Waals surface area contributed by atoms with Crippen molar-refractivity contribution < 1.29 is 9.53 Å². The largest absolute Gasteiger partial charge is 0.494 e. The standard InChI is InChI=1S/C21H18N2O2S/c1-3-25-15-9-8-14-10-16-18(22)20(26-21(16)23-17(14)11-15)19(24)13-6-4-12(2)5-7-13/h4-11H,3,22H2,1-2H3. The zero-order valence-corrected chi connectivity index (χ0v) is 15.4. The van der Waals surface area contributed by atoms with Gasteiger partial charge in [-0.1, -0.05) is 29.8 Å². The fourth-order valence-corrected chi connectivity index (χ4v) is 3.98. The molecule has 0 unspecified atom stereocenters. The summed E-state index contributed by atoms with van der Waals surface area (Å²) < 4.78 is 5.55. The summed E-state index contributed by atoms with van der Waals surface area (Å²) in [6, 6.07) is 15.3. The molecule has 0 radical (unpaired) electrons. The second-order valence-corrected chi connectivity index (χ2v) is 7.17. The minimum absolute atomic E-state index is 0.0652. The van der Waals surface area contributed by atoms with Crippen LogP contribution in [-0.2, 0) is 0 Å². The predicted octanol–water partition coefficient (Wildman–Crippen LogP) is 4.97. The number of carbonyl (C=O) groups is 1. The third kappa shape index (κ3) is 2.80. The molecule has 0 aliphatic carbocycles. The Morgan fingerprint density at radius 2 is 1.92 bits per heavy atom. The van der Waals surface area contributed by atoms with Crippen molar-refractivity contribution in [2.75, 3.05) is 12.3 Å². The van der Waals surface area contributed by atoms with Crippen LogP contribution >= 0.6 is 11.3 Å². The Hall–Kier alpha value is -2.92. The summed E-state index contributed by atoms with van der Waals surface area (Å²) in [5.41, 5.74) is 9.38. The normalized spacial score (nSPS) is 11.2. The number of aryl methyl sites for hydroxylation is 1. The molecule has 0 bridgehead atoms. The Balaban J connectivity index is 1.83. The number of anilines is 1. The van der Waals surface area contributed by atoms with Gasteiger partial charge in [0.25, 0.3) is 0 Å². The third-order valence-electron chi connectivity index (χ3n) is 4.32. The lowest BCUT2D eigenvalue weighted by Gasteiger charge is -2.04. The van der Waals surface area contributed by atoms with E-state index in [-0.39, 0.29) is 5.78 Å². The van der Waals surface area contributed by atoms with Gasteiger partial charge in [0.1, 0.15) is 15.5 Å². The van der Waals surface area contributed by atoms with E-state index in [1.807, 2.05) is 62.4 Å². The van der Waals surface area contributed by atoms with Crippen LogP contribution in [0.4, 0.5) is 5.69 Å². The smallest absolute Gasteiger partial charge is 0.205 e. The number of hydrogen-bond donors (Lipinski definition) is 1. The zero-order valence-electron chi connectivity index (χ0n) is 14.6. The number of aromatic nitrogens is 1. The molecule has 0 saturated heterocycles. The van der Waals surface area contributed by atoms with Crippen LogP contribution in [0, 0.1) is 6.92 Å². The van der Waals surface area contributed by atoms with Gasteiger partial charge in [-0.15, -0.1) is 11.3 Å². The van der Waals surface area contributed by atoms with E-state index in [2.05, 4.69) is 0 Å². The molecule has 5 heteroatoms. The van der Waals surface area contributed by atoms with Crippen molar-refractivity contribution in [2.45, 2.75) is 13.8 Å². The van der Waals surface area contributed by atoms with Gasteiger partial charge in [-0.3, -0.25) is 4.79 Å². The molecule has 0 fully saturated rings. The Bertz CT molecular complexity index is 1130. The molecule has 0 saturated carbocycles. The molecule has 0 aliphatic heterocycles. The highest BCUT2D eigenvalue weighted by atomic mass is 32.1. The topological polar surface area (TPSA) is 65.2 Å². The van der Waals surface area contributed by atoms with E-state index in [9.17, 15) is 4.79 Å². The van der Waals surface area contributed by atoms with Gasteiger partial charge in [0.05, 0.1) is 17.8 Å². The first-order valence-corrected chi connectivity index (χ1v) is 9.25. The first kappa shape index (κ1) is 16.5. The van der Waals surface area contributed by atoms with E-state index in [1.54, 1.807) is 0 Å². The van der Waals surface area contributed by atoms with Crippen LogP contribution in [0.25, 0.3) is 21.1 Å². The van der Waals surface area contributed by atoms with E-state index in [4.69, 9.17) is 15.5 Å². The molecule has 2 aromatic heterocycles. The molecule has 130 valence electrons. The number of hydrogen-bond acceptors (Lipinski definition) is 5. The highest BCUT2D eigenvalue weighted by Crippen LogP contribution is 2.36. The van der Waals surface area contributed by atoms with Crippen LogP contribution in [0.3, 0.4) is 0 Å². The summed E-state index contributed by atoms with van der Waals surface area (Å²) in [6.07, 6.45) is 0. The Morgan fingerprint density at radius 3 is 2.65 bits per heavy atom. The van der Waals surface area contributed by atoms with Crippen LogP contribution in [0.2, 0.25) is 0 Å². The van der Waals surface area contributed by atoms with Gasteiger partial charge in [-0.05, 0) is 32.0 Å². The summed E-state index contributed by atoms with van der Waals surface area (Å²) in [5, 5.41) is 1.79. The Labute approximate surface area is 155 Å². The van der Waals surface area contributed by atoms with Crippen LogP contribution in [0.5, 0.6) is 5.75 Å². The molecule has 4 aromatic rings. The summed E-state index contributed by atoms with van der Waals surface area (Å²) in [6.45, 7) is 4.55. The fraction of sp³-hybridized carbons (Fsp3) is 0.143. The summed E-state index contributed by atoms with van der Waals surface area (Å²) >= 11 is 1.34. The highest BCUT2D eigenvalue weighted by Gasteiger charge is 2.19. The van der Waals surface area contributed by atoms with Crippen LogP contribution < -0.4 is 10.5 Å². The molecule has 4 nitrogen and oxygen atoms in total. The van der Waals surface area contributed by atoms with E-state index in [0.717, 1.165) is 32.4 Å². The van der Waals surface area contributed by atoms with Crippen molar-refractivity contribution in [3.8, 4) is 5.75 Å². The molecule has 0 atom stereocenters. The van der Waals surface area contributed by atoms with Gasteiger partial charge in [0, 0.05) is 22.4 Å². The number of ether oxygens (including phenoxy) is 1. The number of ketones is 1. The highest BCUT2D eigenvalue weighted by molar-refractivity contribution is 7.21.